The number of nitrogens with one attached hydrogen (secondary N) is 2. The highest BCUT2D eigenvalue weighted by molar-refractivity contribution is 7.90. The number of sulfonamides is 1. The summed E-state index contributed by atoms with van der Waals surface area (Å²) >= 11 is 0. The van der Waals surface area contributed by atoms with E-state index in [0.717, 1.165) is 0 Å². The first-order chi connectivity index (χ1) is 11.8. The van der Waals surface area contributed by atoms with E-state index in [4.69, 9.17) is 0 Å². The molecule has 0 bridgehead atoms. The van der Waals surface area contributed by atoms with Crippen LogP contribution >= 0.6 is 0 Å². The molecule has 1 aliphatic heterocycles. The lowest BCUT2D eigenvalue weighted by atomic mass is 10.1. The van der Waals surface area contributed by atoms with Crippen LogP contribution in [0, 0.1) is 0 Å². The van der Waals surface area contributed by atoms with Gasteiger partial charge in [0.15, 0.2) is 0 Å². The largest absolute Gasteiger partial charge is 0.353 e. The van der Waals surface area contributed by atoms with Crippen molar-refractivity contribution in [3.63, 3.8) is 0 Å². The molecule has 1 saturated heterocycles. The van der Waals surface area contributed by atoms with E-state index in [2.05, 4.69) is 10.0 Å². The Kier molecular flexibility index (Phi) is 6.55. The van der Waals surface area contributed by atoms with Gasteiger partial charge in [-0.2, -0.15) is 0 Å². The summed E-state index contributed by atoms with van der Waals surface area (Å²) in [5.41, 5.74) is 0.546. The molecule has 1 heterocycles. The van der Waals surface area contributed by atoms with Gasteiger partial charge in [-0.05, 0) is 38.8 Å². The van der Waals surface area contributed by atoms with E-state index in [1.807, 2.05) is 6.07 Å². The maximum Gasteiger partial charge on any atom is 0.253 e. The van der Waals surface area contributed by atoms with Crippen LogP contribution in [0.5, 0.6) is 0 Å². The molecule has 7 nitrogen and oxygen atoms in total. The van der Waals surface area contributed by atoms with E-state index >= 15 is 0 Å². The summed E-state index contributed by atoms with van der Waals surface area (Å²) in [5.74, 6) is -0.537. The molecule has 1 aromatic carbocycles. The molecule has 1 aromatic rings. The van der Waals surface area contributed by atoms with Crippen LogP contribution in [-0.2, 0) is 14.8 Å². The molecule has 0 unspecified atom stereocenters. The van der Waals surface area contributed by atoms with Crippen molar-refractivity contribution in [3.05, 3.63) is 35.9 Å². The fourth-order valence-corrected chi connectivity index (χ4v) is 4.22. The van der Waals surface area contributed by atoms with Gasteiger partial charge < -0.3 is 10.2 Å². The van der Waals surface area contributed by atoms with Crippen LogP contribution in [0.2, 0.25) is 0 Å². The first-order valence-electron chi connectivity index (χ1n) is 8.42. The lowest BCUT2D eigenvalue weighted by Gasteiger charge is -2.32. The second-order valence-corrected chi connectivity index (χ2v) is 8.52. The third kappa shape index (κ3) is 5.54. The first kappa shape index (κ1) is 19.4. The number of hydrogen-bond acceptors (Lipinski definition) is 4. The third-order valence-electron chi connectivity index (χ3n) is 4.01. The number of piperidine rings is 1. The van der Waals surface area contributed by atoms with Gasteiger partial charge in [0, 0.05) is 24.7 Å². The molecule has 2 N–H and O–H groups in total. The number of nitrogens with zero attached hydrogens (tertiary/aromatic N) is 1. The molecule has 138 valence electrons. The Labute approximate surface area is 148 Å². The minimum atomic E-state index is -3.67. The molecular weight excluding hydrogens is 342 g/mol. The van der Waals surface area contributed by atoms with Crippen LogP contribution < -0.4 is 10.0 Å². The molecule has 1 aliphatic rings. The van der Waals surface area contributed by atoms with Gasteiger partial charge in [0.05, 0.1) is 11.8 Å². The normalized spacial score (nSPS) is 18.2. The second-order valence-electron chi connectivity index (χ2n) is 6.47. The van der Waals surface area contributed by atoms with Crippen LogP contribution in [0.25, 0.3) is 0 Å². The van der Waals surface area contributed by atoms with Gasteiger partial charge in [-0.15, -0.1) is 0 Å². The monoisotopic (exact) mass is 367 g/mol. The lowest BCUT2D eigenvalue weighted by molar-refractivity contribution is -0.120. The van der Waals surface area contributed by atoms with E-state index in [1.54, 1.807) is 43.0 Å². The van der Waals surface area contributed by atoms with E-state index in [1.165, 1.54) is 0 Å². The summed E-state index contributed by atoms with van der Waals surface area (Å²) in [7, 11) is -3.67. The number of amides is 2. The van der Waals surface area contributed by atoms with Gasteiger partial charge in [-0.1, -0.05) is 18.2 Å². The molecule has 8 heteroatoms. The van der Waals surface area contributed by atoms with E-state index in [9.17, 15) is 18.0 Å². The van der Waals surface area contributed by atoms with Gasteiger partial charge >= 0.3 is 0 Å². The average molecular weight is 367 g/mol. The summed E-state index contributed by atoms with van der Waals surface area (Å²) < 4.78 is 27.3. The van der Waals surface area contributed by atoms with Crippen molar-refractivity contribution in [3.8, 4) is 0 Å². The zero-order chi connectivity index (χ0) is 18.4. The molecule has 0 spiro atoms. The summed E-state index contributed by atoms with van der Waals surface area (Å²) in [4.78, 5) is 25.7. The Hall–Kier alpha value is -1.93. The molecular formula is C17H25N3O4S. The van der Waals surface area contributed by atoms with Crippen molar-refractivity contribution < 1.29 is 18.0 Å². The van der Waals surface area contributed by atoms with E-state index in [-0.39, 0.29) is 30.9 Å². The number of carbonyl (C=O) groups is 2. The summed E-state index contributed by atoms with van der Waals surface area (Å²) in [6.45, 7) is 3.99. The quantitative estimate of drug-likeness (QED) is 0.775. The molecule has 25 heavy (non-hydrogen) atoms. The molecule has 0 saturated carbocycles. The van der Waals surface area contributed by atoms with E-state index < -0.39 is 15.3 Å². The van der Waals surface area contributed by atoms with Crippen molar-refractivity contribution >= 4 is 21.8 Å². The lowest BCUT2D eigenvalue weighted by Crippen LogP contribution is -2.50. The molecule has 0 aliphatic carbocycles. The summed E-state index contributed by atoms with van der Waals surface area (Å²) in [5, 5.41) is 1.93. The first-order valence-corrected chi connectivity index (χ1v) is 9.96. The maximum atomic E-state index is 12.5. The molecule has 0 aromatic heterocycles. The van der Waals surface area contributed by atoms with Gasteiger partial charge in [-0.3, -0.25) is 9.59 Å². The molecule has 0 radical (unpaired) electrons. The second kappa shape index (κ2) is 8.44. The average Bonchev–Trinajstić information content (AvgIpc) is 2.60. The maximum absolute atomic E-state index is 12.5. The van der Waals surface area contributed by atoms with Crippen molar-refractivity contribution in [2.24, 2.45) is 0 Å². The summed E-state index contributed by atoms with van der Waals surface area (Å²) in [6.07, 6.45) is 1.09. The SMILES string of the molecule is CC(C)NC(=O)CNS(=O)(=O)[C@@H]1CCCN(C(=O)c2ccccc2)C1. The minimum absolute atomic E-state index is 0.0503. The summed E-state index contributed by atoms with van der Waals surface area (Å²) in [6, 6.07) is 8.77. The van der Waals surface area contributed by atoms with Crippen LogP contribution in [0.1, 0.15) is 37.0 Å². The Balaban J connectivity index is 1.97. The fourth-order valence-electron chi connectivity index (χ4n) is 2.80. The van der Waals surface area contributed by atoms with Crippen molar-refractivity contribution in [2.45, 2.75) is 38.0 Å². The van der Waals surface area contributed by atoms with Crippen molar-refractivity contribution in [1.82, 2.24) is 14.9 Å². The Morgan fingerprint density at radius 1 is 1.24 bits per heavy atom. The van der Waals surface area contributed by atoms with Crippen molar-refractivity contribution in [1.29, 1.82) is 0 Å². The highest BCUT2D eigenvalue weighted by Gasteiger charge is 2.33. The molecule has 1 atom stereocenters. The Morgan fingerprint density at radius 3 is 2.56 bits per heavy atom. The van der Waals surface area contributed by atoms with E-state index in [0.29, 0.717) is 24.9 Å². The molecule has 2 rings (SSSR count). The van der Waals surface area contributed by atoms with Gasteiger partial charge in [0.25, 0.3) is 5.91 Å². The number of carbonyl (C=O) groups excluding carboxylic acids is 2. The van der Waals surface area contributed by atoms with Gasteiger partial charge in [0.1, 0.15) is 0 Å². The van der Waals surface area contributed by atoms with Crippen LogP contribution in [0.3, 0.4) is 0 Å². The smallest absolute Gasteiger partial charge is 0.253 e. The van der Waals surface area contributed by atoms with Crippen molar-refractivity contribution in [2.75, 3.05) is 19.6 Å². The highest BCUT2D eigenvalue weighted by Crippen LogP contribution is 2.18. The molecule has 1 fully saturated rings. The number of rotatable bonds is 6. The van der Waals surface area contributed by atoms with Crippen LogP contribution in [0.15, 0.2) is 30.3 Å². The van der Waals surface area contributed by atoms with Crippen LogP contribution in [-0.4, -0.2) is 56.1 Å². The topological polar surface area (TPSA) is 95.6 Å². The minimum Gasteiger partial charge on any atom is -0.353 e. The zero-order valence-electron chi connectivity index (χ0n) is 14.6. The predicted octanol–water partition coefficient (Wildman–Crippen LogP) is 0.735. The Morgan fingerprint density at radius 2 is 1.92 bits per heavy atom. The third-order valence-corrected chi connectivity index (χ3v) is 5.82. The van der Waals surface area contributed by atoms with Crippen LogP contribution in [0.4, 0.5) is 0 Å². The highest BCUT2D eigenvalue weighted by atomic mass is 32.2. The number of likely N-dealkylation sites (tertiary alicyclic amines) is 1. The van der Waals surface area contributed by atoms with Gasteiger partial charge in [-0.25, -0.2) is 13.1 Å². The molecule has 2 amide bonds. The fraction of sp³-hybridized carbons (Fsp3) is 0.529. The standard InChI is InChI=1S/C17H25N3O4S/c1-13(2)19-16(21)11-18-25(23,24)15-9-6-10-20(12-15)17(22)14-7-4-3-5-8-14/h3-5,7-8,13,15,18H,6,9-12H2,1-2H3,(H,19,21)/t15-/m1/s1. The Bertz CT molecular complexity index is 704. The van der Waals surface area contributed by atoms with Gasteiger partial charge in [0.2, 0.25) is 15.9 Å². The predicted molar refractivity (Wildman–Crippen MR) is 95.6 cm³/mol. The number of hydrogen-bond donors (Lipinski definition) is 2. The number of benzene rings is 1. The zero-order valence-corrected chi connectivity index (χ0v) is 15.4.